The molecule has 4 nitrogen and oxygen atoms in total. The van der Waals surface area contributed by atoms with Gasteiger partial charge in [-0.05, 0) is 19.1 Å². The third-order valence-electron chi connectivity index (χ3n) is 2.20. The Balaban J connectivity index is 2.67. The van der Waals surface area contributed by atoms with Gasteiger partial charge in [-0.3, -0.25) is 9.89 Å². The van der Waals surface area contributed by atoms with Crippen LogP contribution in [-0.2, 0) is 0 Å². The van der Waals surface area contributed by atoms with Crippen molar-refractivity contribution in [2.75, 3.05) is 0 Å². The lowest BCUT2D eigenvalue weighted by Crippen LogP contribution is -2.15. The van der Waals surface area contributed by atoms with Gasteiger partial charge >= 0.3 is 0 Å². The number of para-hydroxylation sites is 1. The van der Waals surface area contributed by atoms with Crippen molar-refractivity contribution in [1.82, 2.24) is 9.78 Å². The molecule has 2 aromatic rings. The molecule has 0 bridgehead atoms. The normalized spacial score (nSPS) is 9.87. The van der Waals surface area contributed by atoms with Gasteiger partial charge in [-0.15, -0.1) is 0 Å². The van der Waals surface area contributed by atoms with E-state index in [1.165, 1.54) is 4.68 Å². The van der Waals surface area contributed by atoms with E-state index in [4.69, 9.17) is 5.26 Å². The van der Waals surface area contributed by atoms with Crippen molar-refractivity contribution in [2.24, 2.45) is 0 Å². The first-order valence-electron chi connectivity index (χ1n) is 4.51. The first kappa shape index (κ1) is 9.28. The summed E-state index contributed by atoms with van der Waals surface area (Å²) >= 11 is 0. The van der Waals surface area contributed by atoms with Crippen LogP contribution >= 0.6 is 0 Å². The Morgan fingerprint density at radius 2 is 2.00 bits per heavy atom. The Bertz CT molecular complexity index is 572. The number of hydrogen-bond acceptors (Lipinski definition) is 2. The summed E-state index contributed by atoms with van der Waals surface area (Å²) in [6.45, 7) is 1.71. The van der Waals surface area contributed by atoms with Crippen molar-refractivity contribution in [2.45, 2.75) is 6.92 Å². The lowest BCUT2D eigenvalue weighted by atomic mass is 10.3. The molecule has 0 saturated carbocycles. The minimum Gasteiger partial charge on any atom is -0.294 e. The number of nitrogens with zero attached hydrogens (tertiary/aromatic N) is 2. The number of nitrogens with one attached hydrogen (secondary N) is 1. The van der Waals surface area contributed by atoms with Gasteiger partial charge in [0.15, 0.2) is 0 Å². The molecule has 0 spiro atoms. The molecule has 0 atom stereocenters. The fourth-order valence-electron chi connectivity index (χ4n) is 1.44. The molecular formula is C11H9N3O. The van der Waals surface area contributed by atoms with E-state index in [2.05, 4.69) is 5.10 Å². The molecule has 74 valence electrons. The number of benzene rings is 1. The van der Waals surface area contributed by atoms with Crippen molar-refractivity contribution in [3.8, 4) is 11.8 Å². The second kappa shape index (κ2) is 3.46. The molecule has 1 heterocycles. The summed E-state index contributed by atoms with van der Waals surface area (Å²) in [5.41, 5.74) is 1.18. The van der Waals surface area contributed by atoms with Gasteiger partial charge in [0.05, 0.1) is 11.4 Å². The number of aromatic amines is 1. The molecule has 0 aliphatic heterocycles. The first-order valence-corrected chi connectivity index (χ1v) is 4.51. The number of nitriles is 1. The quantitative estimate of drug-likeness (QED) is 0.753. The lowest BCUT2D eigenvalue weighted by Gasteiger charge is -1.99. The van der Waals surface area contributed by atoms with Crippen LogP contribution in [0.1, 0.15) is 11.3 Å². The molecule has 4 heteroatoms. The average molecular weight is 199 g/mol. The van der Waals surface area contributed by atoms with E-state index in [0.29, 0.717) is 5.69 Å². The predicted octanol–water partition coefficient (Wildman–Crippen LogP) is 1.35. The van der Waals surface area contributed by atoms with Crippen LogP contribution in [0.15, 0.2) is 35.1 Å². The molecule has 1 N–H and O–H groups in total. The molecule has 0 aliphatic carbocycles. The SMILES string of the molecule is Cc1[nH]n(-c2ccccc2)c(=O)c1C#N. The van der Waals surface area contributed by atoms with Crippen LogP contribution in [0.25, 0.3) is 5.69 Å². The third-order valence-corrected chi connectivity index (χ3v) is 2.20. The summed E-state index contributed by atoms with van der Waals surface area (Å²) in [6, 6.07) is 11.0. The summed E-state index contributed by atoms with van der Waals surface area (Å²) in [6.07, 6.45) is 0. The van der Waals surface area contributed by atoms with Gasteiger partial charge in [0, 0.05) is 0 Å². The monoisotopic (exact) mass is 199 g/mol. The lowest BCUT2D eigenvalue weighted by molar-refractivity contribution is 0.835. The van der Waals surface area contributed by atoms with Gasteiger partial charge in [-0.2, -0.15) is 5.26 Å². The Hall–Kier alpha value is -2.28. The number of hydrogen-bond donors (Lipinski definition) is 1. The van der Waals surface area contributed by atoms with E-state index in [0.717, 1.165) is 5.69 Å². The summed E-state index contributed by atoms with van der Waals surface area (Å²) in [7, 11) is 0. The highest BCUT2D eigenvalue weighted by molar-refractivity contribution is 5.36. The highest BCUT2D eigenvalue weighted by Gasteiger charge is 2.10. The molecule has 0 saturated heterocycles. The van der Waals surface area contributed by atoms with Crippen molar-refractivity contribution in [3.05, 3.63) is 51.9 Å². The molecule has 15 heavy (non-hydrogen) atoms. The highest BCUT2D eigenvalue weighted by Crippen LogP contribution is 2.05. The largest absolute Gasteiger partial charge is 0.294 e. The fourth-order valence-corrected chi connectivity index (χ4v) is 1.44. The zero-order valence-electron chi connectivity index (χ0n) is 8.19. The van der Waals surface area contributed by atoms with E-state index in [1.807, 2.05) is 24.3 Å². The van der Waals surface area contributed by atoms with E-state index in [9.17, 15) is 4.79 Å². The second-order valence-corrected chi connectivity index (χ2v) is 3.20. The maximum absolute atomic E-state index is 11.7. The topological polar surface area (TPSA) is 61.6 Å². The number of aromatic nitrogens is 2. The fraction of sp³-hybridized carbons (Fsp3) is 0.0909. The number of rotatable bonds is 1. The molecule has 1 aromatic carbocycles. The molecule has 2 rings (SSSR count). The molecule has 0 radical (unpaired) electrons. The maximum Gasteiger partial charge on any atom is 0.289 e. The molecule has 0 unspecified atom stereocenters. The van der Waals surface area contributed by atoms with Crippen LogP contribution in [0.2, 0.25) is 0 Å². The molecule has 0 amide bonds. The minimum atomic E-state index is -0.304. The van der Waals surface area contributed by atoms with Gasteiger partial charge < -0.3 is 0 Å². The van der Waals surface area contributed by atoms with Crippen molar-refractivity contribution in [3.63, 3.8) is 0 Å². The van der Waals surface area contributed by atoms with Crippen LogP contribution in [0.3, 0.4) is 0 Å². The van der Waals surface area contributed by atoms with Crippen LogP contribution in [0, 0.1) is 18.3 Å². The van der Waals surface area contributed by atoms with Crippen LogP contribution in [-0.4, -0.2) is 9.78 Å². The van der Waals surface area contributed by atoms with Crippen LogP contribution in [0.4, 0.5) is 0 Å². The van der Waals surface area contributed by atoms with Crippen molar-refractivity contribution < 1.29 is 0 Å². The maximum atomic E-state index is 11.7. The standard InChI is InChI=1S/C11H9N3O/c1-8-10(7-12)11(15)14(13-8)9-5-3-2-4-6-9/h2-6,13H,1H3. The van der Waals surface area contributed by atoms with Gasteiger partial charge in [0.1, 0.15) is 11.6 Å². The Morgan fingerprint density at radius 3 is 2.53 bits per heavy atom. The van der Waals surface area contributed by atoms with Crippen LogP contribution < -0.4 is 5.56 Å². The van der Waals surface area contributed by atoms with E-state index < -0.39 is 0 Å². The highest BCUT2D eigenvalue weighted by atomic mass is 16.1. The molecule has 0 aliphatic rings. The Morgan fingerprint density at radius 1 is 1.33 bits per heavy atom. The predicted molar refractivity (Wildman–Crippen MR) is 55.8 cm³/mol. The zero-order chi connectivity index (χ0) is 10.8. The first-order chi connectivity index (χ1) is 7.24. The molecule has 1 aromatic heterocycles. The summed E-state index contributed by atoms with van der Waals surface area (Å²) < 4.78 is 1.37. The summed E-state index contributed by atoms with van der Waals surface area (Å²) in [4.78, 5) is 11.7. The van der Waals surface area contributed by atoms with Crippen molar-refractivity contribution in [1.29, 1.82) is 5.26 Å². The smallest absolute Gasteiger partial charge is 0.289 e. The summed E-state index contributed by atoms with van der Waals surface area (Å²) in [5, 5.41) is 11.6. The Labute approximate surface area is 86.4 Å². The van der Waals surface area contributed by atoms with E-state index >= 15 is 0 Å². The summed E-state index contributed by atoms with van der Waals surface area (Å²) in [5.74, 6) is 0. The zero-order valence-corrected chi connectivity index (χ0v) is 8.19. The van der Waals surface area contributed by atoms with E-state index in [-0.39, 0.29) is 11.1 Å². The Kier molecular flexibility index (Phi) is 2.14. The van der Waals surface area contributed by atoms with Gasteiger partial charge in [-0.25, -0.2) is 4.68 Å². The van der Waals surface area contributed by atoms with Gasteiger partial charge in [0.2, 0.25) is 0 Å². The van der Waals surface area contributed by atoms with Gasteiger partial charge in [0.25, 0.3) is 5.56 Å². The molecule has 0 fully saturated rings. The van der Waals surface area contributed by atoms with Crippen LogP contribution in [0.5, 0.6) is 0 Å². The number of H-pyrrole nitrogens is 1. The molecular weight excluding hydrogens is 190 g/mol. The minimum absolute atomic E-state index is 0.166. The number of aryl methyl sites for hydroxylation is 1. The van der Waals surface area contributed by atoms with E-state index in [1.54, 1.807) is 19.1 Å². The second-order valence-electron chi connectivity index (χ2n) is 3.20. The van der Waals surface area contributed by atoms with Crippen molar-refractivity contribution >= 4 is 0 Å². The van der Waals surface area contributed by atoms with Gasteiger partial charge in [-0.1, -0.05) is 18.2 Å². The third kappa shape index (κ3) is 1.44. The average Bonchev–Trinajstić information content (AvgIpc) is 2.55.